The Balaban J connectivity index is 2.12. The van der Waals surface area contributed by atoms with Crippen molar-refractivity contribution in [1.82, 2.24) is 9.55 Å². The van der Waals surface area contributed by atoms with Crippen LogP contribution < -0.4 is 5.32 Å². The summed E-state index contributed by atoms with van der Waals surface area (Å²) in [5.74, 6) is 1.02. The molecule has 1 saturated carbocycles. The molecule has 1 aromatic rings. The summed E-state index contributed by atoms with van der Waals surface area (Å²) in [7, 11) is 0. The molecule has 1 aliphatic carbocycles. The predicted octanol–water partition coefficient (Wildman–Crippen LogP) is 3.45. The van der Waals surface area contributed by atoms with E-state index in [1.807, 2.05) is 6.20 Å². The number of rotatable bonds is 3. The van der Waals surface area contributed by atoms with Gasteiger partial charge in [0.2, 0.25) is 5.95 Å². The molecule has 2 rings (SSSR count). The van der Waals surface area contributed by atoms with E-state index < -0.39 is 0 Å². The monoisotopic (exact) mass is 221 g/mol. The van der Waals surface area contributed by atoms with Crippen LogP contribution in [0.15, 0.2) is 12.4 Å². The lowest BCUT2D eigenvalue weighted by Gasteiger charge is -2.28. The Labute approximate surface area is 98.3 Å². The van der Waals surface area contributed by atoms with Gasteiger partial charge < -0.3 is 9.88 Å². The van der Waals surface area contributed by atoms with E-state index in [0.717, 1.165) is 5.95 Å². The van der Waals surface area contributed by atoms with Crippen LogP contribution in [-0.2, 0) is 0 Å². The van der Waals surface area contributed by atoms with Gasteiger partial charge in [0.15, 0.2) is 0 Å². The second-order valence-corrected chi connectivity index (χ2v) is 5.83. The fraction of sp³-hybridized carbons (Fsp3) is 0.769. The van der Waals surface area contributed by atoms with Crippen LogP contribution in [0.25, 0.3) is 0 Å². The summed E-state index contributed by atoms with van der Waals surface area (Å²) >= 11 is 0. The molecule has 0 saturated heterocycles. The summed E-state index contributed by atoms with van der Waals surface area (Å²) in [6, 6.07) is 1.03. The summed E-state index contributed by atoms with van der Waals surface area (Å²) in [5.41, 5.74) is 0.397. The Morgan fingerprint density at radius 1 is 1.50 bits per heavy atom. The molecule has 1 heterocycles. The van der Waals surface area contributed by atoms with Gasteiger partial charge in [0.25, 0.3) is 0 Å². The highest BCUT2D eigenvalue weighted by molar-refractivity contribution is 5.30. The minimum atomic E-state index is 0.397. The lowest BCUT2D eigenvalue weighted by Crippen LogP contribution is -2.32. The first-order valence-electron chi connectivity index (χ1n) is 6.30. The summed E-state index contributed by atoms with van der Waals surface area (Å²) in [6.07, 6.45) is 7.83. The third-order valence-corrected chi connectivity index (χ3v) is 3.79. The van der Waals surface area contributed by atoms with E-state index in [1.165, 1.54) is 19.3 Å². The topological polar surface area (TPSA) is 29.9 Å². The predicted molar refractivity (Wildman–Crippen MR) is 67.7 cm³/mol. The first kappa shape index (κ1) is 11.5. The van der Waals surface area contributed by atoms with Gasteiger partial charge >= 0.3 is 0 Å². The molecular weight excluding hydrogens is 198 g/mol. The SMILES string of the molecule is CC(C)n1ccnc1NC1CCCC1(C)C. The van der Waals surface area contributed by atoms with E-state index in [9.17, 15) is 0 Å². The molecule has 0 aliphatic heterocycles. The van der Waals surface area contributed by atoms with Gasteiger partial charge in [-0.2, -0.15) is 0 Å². The molecule has 16 heavy (non-hydrogen) atoms. The highest BCUT2D eigenvalue weighted by Crippen LogP contribution is 2.38. The standard InChI is InChI=1S/C13H23N3/c1-10(2)16-9-8-14-12(16)15-11-6-5-7-13(11,3)4/h8-11H,5-7H2,1-4H3,(H,14,15). The van der Waals surface area contributed by atoms with Crippen molar-refractivity contribution in [2.75, 3.05) is 5.32 Å². The molecule has 0 bridgehead atoms. The van der Waals surface area contributed by atoms with Gasteiger partial charge in [-0.25, -0.2) is 4.98 Å². The lowest BCUT2D eigenvalue weighted by molar-refractivity contribution is 0.347. The number of hydrogen-bond acceptors (Lipinski definition) is 2. The highest BCUT2D eigenvalue weighted by atomic mass is 15.2. The summed E-state index contributed by atoms with van der Waals surface area (Å²) < 4.78 is 2.20. The van der Waals surface area contributed by atoms with Gasteiger partial charge in [-0.15, -0.1) is 0 Å². The summed E-state index contributed by atoms with van der Waals surface area (Å²) in [4.78, 5) is 4.42. The molecular formula is C13H23N3. The van der Waals surface area contributed by atoms with Crippen LogP contribution >= 0.6 is 0 Å². The molecule has 3 heteroatoms. The van der Waals surface area contributed by atoms with Crippen LogP contribution in [0.2, 0.25) is 0 Å². The van der Waals surface area contributed by atoms with Crippen molar-refractivity contribution in [2.45, 2.75) is 59.0 Å². The van der Waals surface area contributed by atoms with Gasteiger partial charge in [-0.05, 0) is 32.1 Å². The van der Waals surface area contributed by atoms with Crippen molar-refractivity contribution in [3.05, 3.63) is 12.4 Å². The van der Waals surface area contributed by atoms with Crippen molar-refractivity contribution >= 4 is 5.95 Å². The molecule has 0 radical (unpaired) electrons. The first-order chi connectivity index (χ1) is 7.50. The van der Waals surface area contributed by atoms with Crippen molar-refractivity contribution < 1.29 is 0 Å². The van der Waals surface area contributed by atoms with Crippen LogP contribution in [0, 0.1) is 5.41 Å². The normalized spacial score (nSPS) is 23.9. The third kappa shape index (κ3) is 2.08. The van der Waals surface area contributed by atoms with Gasteiger partial charge in [-0.3, -0.25) is 0 Å². The summed E-state index contributed by atoms with van der Waals surface area (Å²) in [6.45, 7) is 9.07. The molecule has 0 aromatic carbocycles. The van der Waals surface area contributed by atoms with Crippen molar-refractivity contribution in [2.24, 2.45) is 5.41 Å². The molecule has 3 nitrogen and oxygen atoms in total. The largest absolute Gasteiger partial charge is 0.352 e. The Hall–Kier alpha value is -0.990. The molecule has 1 N–H and O–H groups in total. The second-order valence-electron chi connectivity index (χ2n) is 5.83. The average molecular weight is 221 g/mol. The maximum absolute atomic E-state index is 4.42. The van der Waals surface area contributed by atoms with E-state index in [2.05, 4.69) is 48.8 Å². The van der Waals surface area contributed by atoms with Gasteiger partial charge in [0.05, 0.1) is 0 Å². The second kappa shape index (κ2) is 4.11. The number of nitrogens with one attached hydrogen (secondary N) is 1. The van der Waals surface area contributed by atoms with Gasteiger partial charge in [0, 0.05) is 24.5 Å². The first-order valence-corrected chi connectivity index (χ1v) is 6.30. The zero-order chi connectivity index (χ0) is 11.8. The maximum atomic E-state index is 4.42. The van der Waals surface area contributed by atoms with Crippen LogP contribution in [0.3, 0.4) is 0 Å². The molecule has 1 unspecified atom stereocenters. The minimum Gasteiger partial charge on any atom is -0.352 e. The molecule has 1 atom stereocenters. The fourth-order valence-electron chi connectivity index (χ4n) is 2.59. The van der Waals surface area contributed by atoms with E-state index in [0.29, 0.717) is 17.5 Å². The van der Waals surface area contributed by atoms with E-state index >= 15 is 0 Å². The summed E-state index contributed by atoms with van der Waals surface area (Å²) in [5, 5.41) is 3.61. The maximum Gasteiger partial charge on any atom is 0.203 e. The quantitative estimate of drug-likeness (QED) is 0.847. The number of imidazole rings is 1. The molecule has 1 fully saturated rings. The lowest BCUT2D eigenvalue weighted by atomic mass is 9.87. The molecule has 90 valence electrons. The Kier molecular flexibility index (Phi) is 2.96. The molecule has 1 aliphatic rings. The van der Waals surface area contributed by atoms with E-state index in [-0.39, 0.29) is 0 Å². The van der Waals surface area contributed by atoms with Gasteiger partial charge in [-0.1, -0.05) is 20.3 Å². The zero-order valence-corrected chi connectivity index (χ0v) is 10.8. The van der Waals surface area contributed by atoms with Crippen molar-refractivity contribution in [1.29, 1.82) is 0 Å². The van der Waals surface area contributed by atoms with Crippen LogP contribution in [-0.4, -0.2) is 15.6 Å². The molecule has 0 amide bonds. The number of hydrogen-bond donors (Lipinski definition) is 1. The Bertz CT molecular complexity index is 352. The van der Waals surface area contributed by atoms with E-state index in [4.69, 9.17) is 0 Å². The van der Waals surface area contributed by atoms with Crippen LogP contribution in [0.5, 0.6) is 0 Å². The highest BCUT2D eigenvalue weighted by Gasteiger charge is 2.34. The zero-order valence-electron chi connectivity index (χ0n) is 10.8. The number of anilines is 1. The van der Waals surface area contributed by atoms with Crippen molar-refractivity contribution in [3.8, 4) is 0 Å². The van der Waals surface area contributed by atoms with Gasteiger partial charge in [0.1, 0.15) is 0 Å². The Morgan fingerprint density at radius 2 is 2.25 bits per heavy atom. The minimum absolute atomic E-state index is 0.397. The molecule has 0 spiro atoms. The Morgan fingerprint density at radius 3 is 2.81 bits per heavy atom. The van der Waals surface area contributed by atoms with Crippen molar-refractivity contribution in [3.63, 3.8) is 0 Å². The molecule has 1 aromatic heterocycles. The van der Waals surface area contributed by atoms with E-state index in [1.54, 1.807) is 0 Å². The van der Waals surface area contributed by atoms with Crippen LogP contribution in [0.1, 0.15) is 53.0 Å². The fourth-order valence-corrected chi connectivity index (χ4v) is 2.59. The number of aromatic nitrogens is 2. The van der Waals surface area contributed by atoms with Crippen LogP contribution in [0.4, 0.5) is 5.95 Å². The number of nitrogens with zero attached hydrogens (tertiary/aromatic N) is 2. The smallest absolute Gasteiger partial charge is 0.203 e. The average Bonchev–Trinajstić information content (AvgIpc) is 2.74. The third-order valence-electron chi connectivity index (χ3n) is 3.79.